The molecule has 1 N–H and O–H groups in total. The van der Waals surface area contributed by atoms with E-state index in [0.29, 0.717) is 18.0 Å². The van der Waals surface area contributed by atoms with E-state index in [1.807, 2.05) is 17.7 Å². The Morgan fingerprint density at radius 2 is 2.37 bits per heavy atom. The third-order valence-corrected chi connectivity index (χ3v) is 2.91. The predicted octanol–water partition coefficient (Wildman–Crippen LogP) is 1.17. The van der Waals surface area contributed by atoms with Gasteiger partial charge in [0.15, 0.2) is 0 Å². The first kappa shape index (κ1) is 13.3. The molecule has 0 radical (unpaired) electrons. The third kappa shape index (κ3) is 3.67. The lowest BCUT2D eigenvalue weighted by Gasteiger charge is -2.12. The number of aryl methyl sites for hydroxylation is 1. The molecule has 0 spiro atoms. The Hall–Kier alpha value is -2.11. The van der Waals surface area contributed by atoms with Crippen LogP contribution < -0.4 is 5.32 Å². The molecule has 2 aromatic rings. The Morgan fingerprint density at radius 1 is 1.53 bits per heavy atom. The van der Waals surface area contributed by atoms with Crippen molar-refractivity contribution >= 4 is 5.91 Å². The van der Waals surface area contributed by atoms with Gasteiger partial charge in [0.1, 0.15) is 0 Å². The summed E-state index contributed by atoms with van der Waals surface area (Å²) < 4.78 is 3.75. The fraction of sp³-hybridized carbons (Fsp3) is 0.462. The van der Waals surface area contributed by atoms with E-state index in [0.717, 1.165) is 13.1 Å². The average molecular weight is 261 g/mol. The van der Waals surface area contributed by atoms with Gasteiger partial charge in [-0.25, -0.2) is 4.98 Å². The highest BCUT2D eigenvalue weighted by atomic mass is 16.1. The van der Waals surface area contributed by atoms with E-state index < -0.39 is 0 Å². The Bertz CT molecular complexity index is 517. The Morgan fingerprint density at radius 3 is 3.00 bits per heavy atom. The molecule has 6 heteroatoms. The summed E-state index contributed by atoms with van der Waals surface area (Å²) in [5.41, 5.74) is 0.608. The van der Waals surface area contributed by atoms with Gasteiger partial charge in [-0.15, -0.1) is 0 Å². The zero-order valence-corrected chi connectivity index (χ0v) is 11.3. The number of rotatable bonds is 6. The van der Waals surface area contributed by atoms with Crippen molar-refractivity contribution in [1.29, 1.82) is 0 Å². The molecule has 2 aromatic heterocycles. The summed E-state index contributed by atoms with van der Waals surface area (Å²) in [6, 6.07) is 0. The number of carbonyl (C=O) groups excluding carboxylic acids is 1. The molecule has 1 atom stereocenters. The van der Waals surface area contributed by atoms with E-state index in [4.69, 9.17) is 0 Å². The number of carbonyl (C=O) groups is 1. The van der Waals surface area contributed by atoms with Crippen LogP contribution in [0.4, 0.5) is 0 Å². The van der Waals surface area contributed by atoms with Crippen LogP contribution in [0.2, 0.25) is 0 Å². The van der Waals surface area contributed by atoms with Crippen LogP contribution in [-0.4, -0.2) is 31.8 Å². The van der Waals surface area contributed by atoms with Crippen LogP contribution >= 0.6 is 0 Å². The molecule has 0 saturated carbocycles. The predicted molar refractivity (Wildman–Crippen MR) is 71.6 cm³/mol. The summed E-state index contributed by atoms with van der Waals surface area (Å²) in [5, 5.41) is 7.01. The molecule has 1 amide bonds. The van der Waals surface area contributed by atoms with Gasteiger partial charge in [-0.2, -0.15) is 5.10 Å². The van der Waals surface area contributed by atoms with Crippen LogP contribution in [0, 0.1) is 5.92 Å². The minimum absolute atomic E-state index is 0.0721. The maximum Gasteiger partial charge on any atom is 0.254 e. The zero-order chi connectivity index (χ0) is 13.7. The molecule has 0 aliphatic rings. The highest BCUT2D eigenvalue weighted by molar-refractivity contribution is 5.93. The second-order valence-electron chi connectivity index (χ2n) is 4.66. The van der Waals surface area contributed by atoms with E-state index in [9.17, 15) is 4.79 Å². The summed E-state index contributed by atoms with van der Waals surface area (Å²) in [5.74, 6) is 0.275. The van der Waals surface area contributed by atoms with Crippen LogP contribution in [0.15, 0.2) is 31.1 Å². The van der Waals surface area contributed by atoms with Gasteiger partial charge in [0.25, 0.3) is 5.91 Å². The first-order chi connectivity index (χ1) is 9.19. The number of imidazole rings is 1. The van der Waals surface area contributed by atoms with Crippen molar-refractivity contribution in [2.45, 2.75) is 26.9 Å². The fourth-order valence-electron chi connectivity index (χ4n) is 1.84. The Labute approximate surface area is 112 Å². The van der Waals surface area contributed by atoms with Crippen molar-refractivity contribution in [2.75, 3.05) is 6.54 Å². The maximum atomic E-state index is 11.9. The highest BCUT2D eigenvalue weighted by Gasteiger charge is 2.10. The minimum atomic E-state index is -0.0721. The van der Waals surface area contributed by atoms with Crippen LogP contribution in [0.5, 0.6) is 0 Å². The van der Waals surface area contributed by atoms with E-state index >= 15 is 0 Å². The average Bonchev–Trinajstić information content (AvgIpc) is 3.06. The number of hydrogen-bond acceptors (Lipinski definition) is 3. The summed E-state index contributed by atoms with van der Waals surface area (Å²) in [4.78, 5) is 15.9. The number of nitrogens with one attached hydrogen (secondary N) is 1. The van der Waals surface area contributed by atoms with E-state index in [-0.39, 0.29) is 5.91 Å². The van der Waals surface area contributed by atoms with Gasteiger partial charge >= 0.3 is 0 Å². The smallest absolute Gasteiger partial charge is 0.254 e. The second kappa shape index (κ2) is 6.17. The molecule has 19 heavy (non-hydrogen) atoms. The molecular formula is C13H19N5O. The summed E-state index contributed by atoms with van der Waals surface area (Å²) in [7, 11) is 0. The first-order valence-corrected chi connectivity index (χ1v) is 6.45. The minimum Gasteiger partial charge on any atom is -0.352 e. The van der Waals surface area contributed by atoms with Gasteiger partial charge < -0.3 is 9.88 Å². The molecule has 0 fully saturated rings. The molecule has 0 unspecified atom stereocenters. The normalized spacial score (nSPS) is 12.3. The number of hydrogen-bond donors (Lipinski definition) is 1. The molecular weight excluding hydrogens is 242 g/mol. The molecule has 2 rings (SSSR count). The van der Waals surface area contributed by atoms with E-state index in [1.54, 1.807) is 29.6 Å². The van der Waals surface area contributed by atoms with Crippen LogP contribution in [0.25, 0.3) is 0 Å². The van der Waals surface area contributed by atoms with Gasteiger partial charge in [0.05, 0.1) is 18.1 Å². The van der Waals surface area contributed by atoms with E-state index in [2.05, 4.69) is 22.3 Å². The SMILES string of the molecule is CCn1cc(C(=O)NC[C@H](C)Cn2ccnc2)cn1. The number of amides is 1. The monoisotopic (exact) mass is 261 g/mol. The molecule has 0 aromatic carbocycles. The van der Waals surface area contributed by atoms with Crippen molar-refractivity contribution < 1.29 is 4.79 Å². The van der Waals surface area contributed by atoms with Crippen LogP contribution in [0.3, 0.4) is 0 Å². The molecule has 0 aliphatic carbocycles. The fourth-order valence-corrected chi connectivity index (χ4v) is 1.84. The van der Waals surface area contributed by atoms with Crippen molar-refractivity contribution in [2.24, 2.45) is 5.92 Å². The van der Waals surface area contributed by atoms with Crippen LogP contribution in [0.1, 0.15) is 24.2 Å². The molecule has 0 saturated heterocycles. The molecule has 102 valence electrons. The lowest BCUT2D eigenvalue weighted by atomic mass is 10.2. The zero-order valence-electron chi connectivity index (χ0n) is 11.3. The van der Waals surface area contributed by atoms with Gasteiger partial charge in [0, 0.05) is 38.2 Å². The summed E-state index contributed by atoms with van der Waals surface area (Å²) in [6.07, 6.45) is 8.81. The molecule has 6 nitrogen and oxygen atoms in total. The highest BCUT2D eigenvalue weighted by Crippen LogP contribution is 2.01. The lowest BCUT2D eigenvalue weighted by Crippen LogP contribution is -2.29. The number of aromatic nitrogens is 4. The third-order valence-electron chi connectivity index (χ3n) is 2.91. The summed E-state index contributed by atoms with van der Waals surface area (Å²) >= 11 is 0. The summed E-state index contributed by atoms with van der Waals surface area (Å²) in [6.45, 7) is 6.32. The lowest BCUT2D eigenvalue weighted by molar-refractivity contribution is 0.0947. The maximum absolute atomic E-state index is 11.9. The van der Waals surface area contributed by atoms with E-state index in [1.165, 1.54) is 0 Å². The second-order valence-corrected chi connectivity index (χ2v) is 4.66. The van der Waals surface area contributed by atoms with Gasteiger partial charge in [-0.1, -0.05) is 6.92 Å². The molecule has 2 heterocycles. The Balaban J connectivity index is 1.79. The van der Waals surface area contributed by atoms with Crippen molar-refractivity contribution in [3.05, 3.63) is 36.7 Å². The number of nitrogens with zero attached hydrogens (tertiary/aromatic N) is 4. The van der Waals surface area contributed by atoms with Gasteiger partial charge in [-0.05, 0) is 12.8 Å². The quantitative estimate of drug-likeness (QED) is 0.848. The van der Waals surface area contributed by atoms with Gasteiger partial charge in [-0.3, -0.25) is 9.48 Å². The Kier molecular flexibility index (Phi) is 4.33. The van der Waals surface area contributed by atoms with Crippen molar-refractivity contribution in [3.8, 4) is 0 Å². The molecule has 0 bridgehead atoms. The topological polar surface area (TPSA) is 64.7 Å². The van der Waals surface area contributed by atoms with Crippen molar-refractivity contribution in [1.82, 2.24) is 24.6 Å². The molecule has 0 aliphatic heterocycles. The van der Waals surface area contributed by atoms with Crippen molar-refractivity contribution in [3.63, 3.8) is 0 Å². The standard InChI is InChI=1S/C13H19N5O/c1-3-18-9-12(7-16-18)13(19)15-6-11(2)8-17-5-4-14-10-17/h4-5,7,9-11H,3,6,8H2,1-2H3,(H,15,19)/t11-/m0/s1. The largest absolute Gasteiger partial charge is 0.352 e. The first-order valence-electron chi connectivity index (χ1n) is 6.45. The van der Waals surface area contributed by atoms with Crippen LogP contribution in [-0.2, 0) is 13.1 Å². The van der Waals surface area contributed by atoms with Gasteiger partial charge in [0.2, 0.25) is 0 Å².